The summed E-state index contributed by atoms with van der Waals surface area (Å²) in [5, 5.41) is 105. The van der Waals surface area contributed by atoms with Gasteiger partial charge in [-0.1, -0.05) is 0 Å². The van der Waals surface area contributed by atoms with Crippen molar-refractivity contribution in [3.05, 3.63) is 65.2 Å². The number of hydrogen-bond donors (Lipinski definition) is 10. The van der Waals surface area contributed by atoms with E-state index in [0.717, 1.165) is 48.5 Å². The summed E-state index contributed by atoms with van der Waals surface area (Å²) in [6.07, 6.45) is -5.36. The van der Waals surface area contributed by atoms with Crippen molar-refractivity contribution in [2.24, 2.45) is 0 Å². The summed E-state index contributed by atoms with van der Waals surface area (Å²) in [6.45, 7) is 1.24. The van der Waals surface area contributed by atoms with E-state index in [-0.39, 0.29) is 33.8 Å². The number of Topliss-reactive ketones (excluding diaryl/α,β-unsaturated/α-hetero) is 1. The van der Waals surface area contributed by atoms with Crippen LogP contribution < -0.4 is 14.2 Å². The summed E-state index contributed by atoms with van der Waals surface area (Å²) in [5.74, 6) is -10.1. The minimum absolute atomic E-state index is 0.154. The van der Waals surface area contributed by atoms with Crippen LogP contribution in [0.25, 0.3) is 11.1 Å². The number of carbonyl (C=O) groups is 1. The van der Waals surface area contributed by atoms with Gasteiger partial charge >= 0.3 is 5.79 Å². The molecule has 0 spiro atoms. The Morgan fingerprint density at radius 3 is 1.93 bits per heavy atom. The maximum absolute atomic E-state index is 13.5. The maximum Gasteiger partial charge on any atom is 0.304 e. The van der Waals surface area contributed by atoms with Gasteiger partial charge in [0.2, 0.25) is 11.5 Å². The Kier molecular flexibility index (Phi) is 6.23. The van der Waals surface area contributed by atoms with Crippen molar-refractivity contribution in [3.63, 3.8) is 0 Å². The van der Waals surface area contributed by atoms with Crippen LogP contribution in [0.1, 0.15) is 34.5 Å². The van der Waals surface area contributed by atoms with Crippen molar-refractivity contribution in [1.29, 1.82) is 0 Å². The van der Waals surface area contributed by atoms with Crippen LogP contribution in [-0.4, -0.2) is 69.1 Å². The second-order valence-electron chi connectivity index (χ2n) is 10.3. The van der Waals surface area contributed by atoms with E-state index in [2.05, 4.69) is 0 Å². The topological polar surface area (TPSA) is 247 Å². The molecule has 0 radical (unpaired) electrons. The van der Waals surface area contributed by atoms with Gasteiger partial charge in [-0.15, -0.1) is 0 Å². The van der Waals surface area contributed by atoms with Crippen molar-refractivity contribution in [1.82, 2.24) is 0 Å². The number of ketones is 1. The molecule has 2 aliphatic heterocycles. The highest BCUT2D eigenvalue weighted by molar-refractivity contribution is 6.08. The number of ether oxygens (including phenoxy) is 3. The van der Waals surface area contributed by atoms with Crippen molar-refractivity contribution in [3.8, 4) is 74.4 Å². The molecule has 6 rings (SSSR count). The lowest BCUT2D eigenvalue weighted by molar-refractivity contribution is -0.187. The fourth-order valence-electron chi connectivity index (χ4n) is 5.40. The van der Waals surface area contributed by atoms with Gasteiger partial charge in [0.1, 0.15) is 57.7 Å². The van der Waals surface area contributed by atoms with Gasteiger partial charge in [0.15, 0.2) is 23.7 Å². The zero-order chi connectivity index (χ0) is 31.8. The lowest BCUT2D eigenvalue weighted by atomic mass is 9.89. The van der Waals surface area contributed by atoms with Crippen LogP contribution in [0, 0.1) is 0 Å². The van der Waals surface area contributed by atoms with Gasteiger partial charge in [0.25, 0.3) is 0 Å². The van der Waals surface area contributed by atoms with Gasteiger partial charge in [-0.25, -0.2) is 0 Å². The molecule has 4 aromatic carbocycles. The molecule has 0 saturated carbocycles. The van der Waals surface area contributed by atoms with Crippen molar-refractivity contribution >= 4 is 5.78 Å². The average Bonchev–Trinajstić information content (AvgIpc) is 3.09. The largest absolute Gasteiger partial charge is 0.508 e. The molecule has 0 aromatic heterocycles. The number of carbonyl (C=O) groups excluding carboxylic acids is 1. The Hall–Kier alpha value is -5.73. The Labute approximate surface area is 246 Å². The second-order valence-corrected chi connectivity index (χ2v) is 10.3. The van der Waals surface area contributed by atoms with E-state index in [0.29, 0.717) is 0 Å². The highest BCUT2D eigenvalue weighted by atomic mass is 16.7. The fraction of sp³-hybridized carbons (Fsp3) is 0.167. The molecule has 0 aliphatic carbocycles. The first-order valence-electron chi connectivity index (χ1n) is 12.9. The van der Waals surface area contributed by atoms with Crippen LogP contribution >= 0.6 is 0 Å². The molecular weight excluding hydrogens is 584 g/mol. The molecule has 0 fully saturated rings. The summed E-state index contributed by atoms with van der Waals surface area (Å²) in [5.41, 5.74) is -1.71. The SMILES string of the molecule is CC(O)C1(c2cc(O)cc(O)c2)Oc2cc(O)cc(O)c2-c2c(cc3c(c2O)C(=O)C(O)C(c2ccc(O)c(O)c2O)O3)O1. The number of hydrogen-bond acceptors (Lipinski definition) is 14. The molecule has 14 nitrogen and oxygen atoms in total. The third-order valence-electron chi connectivity index (χ3n) is 7.45. The predicted octanol–water partition coefficient (Wildman–Crippen LogP) is 2.68. The molecule has 0 saturated heterocycles. The van der Waals surface area contributed by atoms with E-state index in [1.165, 1.54) is 6.92 Å². The molecule has 10 N–H and O–H groups in total. The number of aliphatic hydroxyl groups excluding tert-OH is 2. The molecule has 44 heavy (non-hydrogen) atoms. The highest BCUT2D eigenvalue weighted by Crippen LogP contribution is 2.58. The van der Waals surface area contributed by atoms with E-state index in [1.54, 1.807) is 0 Å². The highest BCUT2D eigenvalue weighted by Gasteiger charge is 2.49. The van der Waals surface area contributed by atoms with E-state index in [4.69, 9.17) is 14.2 Å². The van der Waals surface area contributed by atoms with Crippen molar-refractivity contribution in [2.75, 3.05) is 0 Å². The Morgan fingerprint density at radius 2 is 1.30 bits per heavy atom. The van der Waals surface area contributed by atoms with Crippen molar-refractivity contribution in [2.45, 2.75) is 31.0 Å². The molecule has 2 heterocycles. The standard InChI is InChI=1S/C30H24O14/c1-10(31)30(11-4-12(32)6-13(33)5-11)43-19-8-14(34)7-17(36)21(19)22-20(44-30)9-18-23(26(22)39)27(40)28(41)29(42-18)15-2-3-16(35)25(38)24(15)37/h2-10,28-29,31-39,41H,1H3. The number of fused-ring (bicyclic) bond motifs is 4. The Bertz CT molecular complexity index is 1850. The molecule has 2 aliphatic rings. The fourth-order valence-corrected chi connectivity index (χ4v) is 5.40. The lowest BCUT2D eigenvalue weighted by Gasteiger charge is -2.36. The molecule has 0 bridgehead atoms. The smallest absolute Gasteiger partial charge is 0.304 e. The predicted molar refractivity (Wildman–Crippen MR) is 146 cm³/mol. The van der Waals surface area contributed by atoms with Crippen LogP contribution in [0.3, 0.4) is 0 Å². The van der Waals surface area contributed by atoms with E-state index in [9.17, 15) is 55.9 Å². The number of phenolic OH excluding ortho intramolecular Hbond substituents is 8. The normalized spacial score (nSPS) is 21.0. The number of rotatable bonds is 3. The van der Waals surface area contributed by atoms with Crippen LogP contribution in [0.5, 0.6) is 63.2 Å². The molecule has 14 heteroatoms. The van der Waals surface area contributed by atoms with E-state index < -0.39 is 87.2 Å². The summed E-state index contributed by atoms with van der Waals surface area (Å²) in [7, 11) is 0. The second kappa shape index (κ2) is 9.65. The first kappa shape index (κ1) is 28.4. The molecule has 4 atom stereocenters. The number of aromatic hydroxyl groups is 8. The van der Waals surface area contributed by atoms with Crippen molar-refractivity contribution < 1.29 is 70.1 Å². The van der Waals surface area contributed by atoms with Gasteiger partial charge < -0.3 is 65.3 Å². The molecule has 228 valence electrons. The van der Waals surface area contributed by atoms with Gasteiger partial charge in [-0.05, 0) is 31.2 Å². The first-order chi connectivity index (χ1) is 20.7. The Morgan fingerprint density at radius 1 is 0.682 bits per heavy atom. The lowest BCUT2D eigenvalue weighted by Crippen LogP contribution is -2.48. The number of benzene rings is 4. The molecular formula is C30H24O14. The van der Waals surface area contributed by atoms with Crippen LogP contribution in [-0.2, 0) is 5.79 Å². The summed E-state index contributed by atoms with van der Waals surface area (Å²) in [4.78, 5) is 13.5. The van der Waals surface area contributed by atoms with Crippen LogP contribution in [0.2, 0.25) is 0 Å². The molecule has 4 unspecified atom stereocenters. The molecule has 0 amide bonds. The van der Waals surface area contributed by atoms with Gasteiger partial charge in [-0.3, -0.25) is 4.79 Å². The minimum atomic E-state index is -2.35. The van der Waals surface area contributed by atoms with Crippen LogP contribution in [0.15, 0.2) is 48.5 Å². The van der Waals surface area contributed by atoms with E-state index in [1.807, 2.05) is 0 Å². The van der Waals surface area contributed by atoms with Gasteiger partial charge in [0.05, 0.1) is 11.1 Å². The third kappa shape index (κ3) is 4.07. The zero-order valence-corrected chi connectivity index (χ0v) is 22.5. The Balaban J connectivity index is 1.63. The maximum atomic E-state index is 13.5. The first-order valence-corrected chi connectivity index (χ1v) is 12.9. The van der Waals surface area contributed by atoms with E-state index >= 15 is 0 Å². The quantitative estimate of drug-likeness (QED) is 0.150. The molecule has 4 aromatic rings. The summed E-state index contributed by atoms with van der Waals surface area (Å²) in [6, 6.07) is 8.29. The third-order valence-corrected chi connectivity index (χ3v) is 7.45. The van der Waals surface area contributed by atoms with Gasteiger partial charge in [-0.2, -0.15) is 0 Å². The number of aliphatic hydroxyl groups is 2. The van der Waals surface area contributed by atoms with Gasteiger partial charge in [0, 0.05) is 35.4 Å². The monoisotopic (exact) mass is 608 g/mol. The zero-order valence-electron chi connectivity index (χ0n) is 22.5. The minimum Gasteiger partial charge on any atom is -0.508 e. The number of phenols is 8. The van der Waals surface area contributed by atoms with Crippen LogP contribution in [0.4, 0.5) is 0 Å². The average molecular weight is 609 g/mol. The summed E-state index contributed by atoms with van der Waals surface area (Å²) >= 11 is 0. The summed E-state index contributed by atoms with van der Waals surface area (Å²) < 4.78 is 18.0.